The Labute approximate surface area is 284 Å². The maximum absolute atomic E-state index is 14.2. The minimum atomic E-state index is -1.16. The van der Waals surface area contributed by atoms with Gasteiger partial charge in [-0.2, -0.15) is 0 Å². The molecule has 0 aromatic carbocycles. The zero-order valence-electron chi connectivity index (χ0n) is 29.9. The molecule has 0 aromatic rings. The Morgan fingerprint density at radius 3 is 2.47 bits per heavy atom. The second-order valence-electron chi connectivity index (χ2n) is 17.7. The van der Waals surface area contributed by atoms with E-state index >= 15 is 0 Å². The lowest BCUT2D eigenvalue weighted by atomic mass is 9.41. The summed E-state index contributed by atoms with van der Waals surface area (Å²) in [5, 5.41) is 21.2. The summed E-state index contributed by atoms with van der Waals surface area (Å²) in [6.45, 7) is 15.4. The Kier molecular flexibility index (Phi) is 9.54. The number of rotatable bonds is 12. The van der Waals surface area contributed by atoms with Crippen LogP contribution in [-0.4, -0.2) is 90.4 Å². The number of ether oxygens (including phenoxy) is 1. The van der Waals surface area contributed by atoms with Gasteiger partial charge in [-0.25, -0.2) is 0 Å². The molecule has 2 saturated heterocycles. The molecule has 7 nitrogen and oxygen atoms in total. The van der Waals surface area contributed by atoms with Crippen molar-refractivity contribution in [3.8, 4) is 0 Å². The van der Waals surface area contributed by atoms with Crippen LogP contribution in [0.2, 0.25) is 0 Å². The van der Waals surface area contributed by atoms with E-state index < -0.39 is 22.2 Å². The van der Waals surface area contributed by atoms with Crippen molar-refractivity contribution in [2.24, 2.45) is 63.6 Å². The molecular weight excluding hydrogens is 588 g/mol. The van der Waals surface area contributed by atoms with Gasteiger partial charge < -0.3 is 24.6 Å². The van der Waals surface area contributed by atoms with Crippen LogP contribution in [0.1, 0.15) is 105 Å². The highest BCUT2D eigenvalue weighted by Crippen LogP contribution is 2.84. The van der Waals surface area contributed by atoms with Crippen LogP contribution in [0.3, 0.4) is 0 Å². The van der Waals surface area contributed by atoms with Crippen LogP contribution in [-0.2, 0) is 14.3 Å². The van der Waals surface area contributed by atoms with Crippen molar-refractivity contribution in [1.82, 2.24) is 9.80 Å². The van der Waals surface area contributed by atoms with Gasteiger partial charge >= 0.3 is 5.97 Å². The number of carbonyl (C=O) groups is 2. The van der Waals surface area contributed by atoms with Gasteiger partial charge in [0.05, 0.1) is 17.6 Å². The first-order chi connectivity index (χ1) is 22.7. The maximum atomic E-state index is 14.2. The first kappa shape index (κ1) is 34.2. The molecule has 7 heteroatoms. The van der Waals surface area contributed by atoms with Crippen molar-refractivity contribution in [1.29, 1.82) is 0 Å². The van der Waals surface area contributed by atoms with Crippen molar-refractivity contribution in [3.63, 3.8) is 0 Å². The average Bonchev–Trinajstić information content (AvgIpc) is 3.80. The molecule has 0 spiro atoms. The molecule has 2 heterocycles. The van der Waals surface area contributed by atoms with Crippen molar-refractivity contribution < 1.29 is 24.5 Å². The Bertz CT molecular complexity index is 1190. The molecule has 6 fully saturated rings. The molecule has 0 aromatic heterocycles. The summed E-state index contributed by atoms with van der Waals surface area (Å²) >= 11 is 0. The van der Waals surface area contributed by atoms with E-state index in [2.05, 4.69) is 43.6 Å². The number of allylic oxidation sites excluding steroid dienone is 1. The quantitative estimate of drug-likeness (QED) is 0.189. The standard InChI is InChI=1S/C40H64N2O5/c1-5-41(17-18-42-15-13-28(24-43)14-16-42)23-35-31(29-9-7-6-8-10-29)20-36(47-35)39-22-32-27(4)11-12-33(32)38(25-44)21-30(39)19-34(26(2)3)40(38,39)37(45)46/h19,25-33,35-36,43H,5-18,20-24H2,1-4H3,(H,45,46)/t27-,30?,31+,32-,33-,35+,36-,38?,39?,40+/m1/s1. The molecule has 7 aliphatic rings. The van der Waals surface area contributed by atoms with E-state index in [1.54, 1.807) is 0 Å². The largest absolute Gasteiger partial charge is 0.481 e. The highest BCUT2D eigenvalue weighted by atomic mass is 16.5. The summed E-state index contributed by atoms with van der Waals surface area (Å²) in [7, 11) is 0. The fourth-order valence-electron chi connectivity index (χ4n) is 13.5. The molecule has 0 amide bonds. The van der Waals surface area contributed by atoms with Gasteiger partial charge in [-0.15, -0.1) is 0 Å². The molecule has 4 saturated carbocycles. The Morgan fingerprint density at radius 1 is 1.09 bits per heavy atom. The van der Waals surface area contributed by atoms with E-state index in [0.29, 0.717) is 42.6 Å². The van der Waals surface area contributed by atoms with E-state index in [9.17, 15) is 19.8 Å². The van der Waals surface area contributed by atoms with Crippen LogP contribution < -0.4 is 0 Å². The van der Waals surface area contributed by atoms with Gasteiger partial charge in [0, 0.05) is 31.7 Å². The van der Waals surface area contributed by atoms with E-state index in [-0.39, 0.29) is 30.0 Å². The Hall–Kier alpha value is -1.28. The molecule has 47 heavy (non-hydrogen) atoms. The topological polar surface area (TPSA) is 90.3 Å². The molecule has 7 rings (SSSR count). The smallest absolute Gasteiger partial charge is 0.315 e. The van der Waals surface area contributed by atoms with Gasteiger partial charge in [0.25, 0.3) is 0 Å². The van der Waals surface area contributed by atoms with E-state index in [1.165, 1.54) is 38.4 Å². The zero-order chi connectivity index (χ0) is 33.1. The lowest BCUT2D eigenvalue weighted by molar-refractivity contribution is -0.197. The molecular formula is C40H64N2O5. The zero-order valence-corrected chi connectivity index (χ0v) is 29.9. The number of likely N-dealkylation sites (tertiary alicyclic amines) is 1. The van der Waals surface area contributed by atoms with Crippen molar-refractivity contribution in [2.75, 3.05) is 45.9 Å². The average molecular weight is 653 g/mol. The summed E-state index contributed by atoms with van der Waals surface area (Å²) in [4.78, 5) is 33.0. The van der Waals surface area contributed by atoms with Gasteiger partial charge in [0.1, 0.15) is 11.7 Å². The van der Waals surface area contributed by atoms with E-state index in [1.807, 2.05) is 0 Å². The van der Waals surface area contributed by atoms with Crippen LogP contribution in [0.25, 0.3) is 0 Å². The minimum absolute atomic E-state index is 0.0924. The third kappa shape index (κ3) is 5.00. The fourth-order valence-corrected chi connectivity index (χ4v) is 13.5. The lowest BCUT2D eigenvalue weighted by Gasteiger charge is -2.60. The predicted molar refractivity (Wildman–Crippen MR) is 184 cm³/mol. The summed E-state index contributed by atoms with van der Waals surface area (Å²) < 4.78 is 7.50. The second-order valence-corrected chi connectivity index (χ2v) is 17.7. The van der Waals surface area contributed by atoms with Crippen LogP contribution >= 0.6 is 0 Å². The van der Waals surface area contributed by atoms with Crippen molar-refractivity contribution >= 4 is 12.3 Å². The molecule has 264 valence electrons. The van der Waals surface area contributed by atoms with Gasteiger partial charge in [0.2, 0.25) is 0 Å². The molecule has 0 radical (unpaired) electrons. The van der Waals surface area contributed by atoms with Gasteiger partial charge in [0.15, 0.2) is 0 Å². The number of aldehydes is 1. The molecule has 4 bridgehead atoms. The summed E-state index contributed by atoms with van der Waals surface area (Å²) in [5.41, 5.74) is -1.50. The molecule has 10 atom stereocenters. The van der Waals surface area contributed by atoms with E-state index in [0.717, 1.165) is 83.4 Å². The summed E-state index contributed by atoms with van der Waals surface area (Å²) in [5.74, 6) is 2.07. The third-order valence-electron chi connectivity index (χ3n) is 15.7. The lowest BCUT2D eigenvalue weighted by Crippen LogP contribution is -2.65. The van der Waals surface area contributed by atoms with Gasteiger partial charge in [-0.3, -0.25) is 9.69 Å². The predicted octanol–water partition coefficient (Wildman–Crippen LogP) is 6.29. The Morgan fingerprint density at radius 2 is 1.83 bits per heavy atom. The number of nitrogens with zero attached hydrogens (tertiary/aromatic N) is 2. The molecule has 2 aliphatic heterocycles. The number of carboxylic acids is 1. The third-order valence-corrected chi connectivity index (χ3v) is 15.7. The van der Waals surface area contributed by atoms with Crippen LogP contribution in [0.4, 0.5) is 0 Å². The first-order valence-corrected chi connectivity index (χ1v) is 19.8. The highest BCUT2D eigenvalue weighted by Gasteiger charge is 2.86. The van der Waals surface area contributed by atoms with Crippen molar-refractivity contribution in [2.45, 2.75) is 117 Å². The number of hydrogen-bond donors (Lipinski definition) is 2. The number of piperidine rings is 1. The number of aliphatic carboxylic acids is 1. The SMILES string of the molecule is CCN(CCN1CCC(CO)CC1)C[C@@H]1O[C@@H](C23C[C@@H]4[C@H](C)CC[C@H]4C4(C=O)CC2C=C(C(C)C)[C@]43C(=O)O)C[C@H]1C1CCCCC1. The number of fused-ring (bicyclic) bond motifs is 2. The number of aliphatic hydroxyl groups is 1. The number of carboxylic acid groups (broad SMARTS) is 1. The highest BCUT2D eigenvalue weighted by molar-refractivity contribution is 5.90. The number of carbonyl (C=O) groups excluding carboxylic acids is 1. The number of hydrogen-bond acceptors (Lipinski definition) is 6. The van der Waals surface area contributed by atoms with E-state index in [4.69, 9.17) is 4.74 Å². The molecule has 2 N–H and O–H groups in total. The first-order valence-electron chi connectivity index (χ1n) is 19.8. The molecule has 3 unspecified atom stereocenters. The summed E-state index contributed by atoms with van der Waals surface area (Å²) in [6.07, 6.45) is 16.7. The normalized spacial score (nSPS) is 44.0. The monoisotopic (exact) mass is 652 g/mol. The number of likely N-dealkylation sites (N-methyl/N-ethyl adjacent to an activating group) is 1. The van der Waals surface area contributed by atoms with Gasteiger partial charge in [-0.05, 0) is 106 Å². The Balaban J connectivity index is 1.21. The van der Waals surface area contributed by atoms with Crippen LogP contribution in [0, 0.1) is 63.6 Å². The minimum Gasteiger partial charge on any atom is -0.481 e. The van der Waals surface area contributed by atoms with Crippen LogP contribution in [0.5, 0.6) is 0 Å². The van der Waals surface area contributed by atoms with Crippen LogP contribution in [0.15, 0.2) is 11.6 Å². The maximum Gasteiger partial charge on any atom is 0.315 e. The van der Waals surface area contributed by atoms with Crippen molar-refractivity contribution in [3.05, 3.63) is 11.6 Å². The number of aliphatic hydroxyl groups excluding tert-OH is 1. The summed E-state index contributed by atoms with van der Waals surface area (Å²) in [6, 6.07) is 0. The second kappa shape index (κ2) is 13.1. The molecule has 5 aliphatic carbocycles. The fraction of sp³-hybridized carbons (Fsp3) is 0.900. The van der Waals surface area contributed by atoms with Gasteiger partial charge in [-0.1, -0.05) is 77.9 Å².